The molecule has 0 atom stereocenters. The van der Waals surface area contributed by atoms with Crippen molar-refractivity contribution in [1.29, 1.82) is 0 Å². The smallest absolute Gasteiger partial charge is 0.264 e. The molecule has 3 rings (SSSR count). The van der Waals surface area contributed by atoms with Gasteiger partial charge in [0.25, 0.3) is 15.9 Å². The molecule has 0 radical (unpaired) electrons. The molecule has 0 saturated carbocycles. The SMILES string of the molecule is CCN(Cc1ccccc1)C(=O)c1ccc(N(C)S(=O)(=O)c2ccc(Cl)cc2)cc1. The van der Waals surface area contributed by atoms with Crippen LogP contribution in [0.1, 0.15) is 22.8 Å². The van der Waals surface area contributed by atoms with Crippen LogP contribution in [0.4, 0.5) is 5.69 Å². The maximum atomic E-state index is 12.9. The van der Waals surface area contributed by atoms with E-state index in [1.165, 1.54) is 35.6 Å². The number of carbonyl (C=O) groups excluding carboxylic acids is 1. The Morgan fingerprint density at radius 1 is 0.900 bits per heavy atom. The van der Waals surface area contributed by atoms with Gasteiger partial charge in [0.15, 0.2) is 0 Å². The molecule has 0 saturated heterocycles. The normalized spacial score (nSPS) is 11.2. The number of halogens is 1. The maximum Gasteiger partial charge on any atom is 0.264 e. The van der Waals surface area contributed by atoms with Gasteiger partial charge in [-0.15, -0.1) is 0 Å². The van der Waals surface area contributed by atoms with E-state index in [0.717, 1.165) is 5.56 Å². The largest absolute Gasteiger partial charge is 0.335 e. The molecule has 0 fully saturated rings. The van der Waals surface area contributed by atoms with Crippen LogP contribution >= 0.6 is 11.6 Å². The summed E-state index contributed by atoms with van der Waals surface area (Å²) in [5.74, 6) is -0.101. The fraction of sp³-hybridized carbons (Fsp3) is 0.174. The molecule has 0 aliphatic heterocycles. The van der Waals surface area contributed by atoms with E-state index in [4.69, 9.17) is 11.6 Å². The third-order valence-electron chi connectivity index (χ3n) is 4.84. The number of nitrogens with zero attached hydrogens (tertiary/aromatic N) is 2. The first-order valence-corrected chi connectivity index (χ1v) is 11.3. The number of carbonyl (C=O) groups is 1. The first kappa shape index (κ1) is 21.9. The molecule has 0 heterocycles. The third kappa shape index (κ3) is 4.83. The first-order chi connectivity index (χ1) is 14.3. The van der Waals surface area contributed by atoms with Crippen LogP contribution in [-0.4, -0.2) is 32.8 Å². The van der Waals surface area contributed by atoms with E-state index in [1.54, 1.807) is 29.2 Å². The Balaban J connectivity index is 1.77. The molecular weight excluding hydrogens is 420 g/mol. The van der Waals surface area contributed by atoms with Gasteiger partial charge >= 0.3 is 0 Å². The van der Waals surface area contributed by atoms with Crippen molar-refractivity contribution in [2.75, 3.05) is 17.9 Å². The van der Waals surface area contributed by atoms with Crippen LogP contribution in [0.5, 0.6) is 0 Å². The Kier molecular flexibility index (Phi) is 6.80. The van der Waals surface area contributed by atoms with Gasteiger partial charge in [-0.2, -0.15) is 0 Å². The average Bonchev–Trinajstić information content (AvgIpc) is 2.77. The van der Waals surface area contributed by atoms with E-state index in [2.05, 4.69) is 0 Å². The van der Waals surface area contributed by atoms with Gasteiger partial charge in [0, 0.05) is 30.7 Å². The lowest BCUT2D eigenvalue weighted by Gasteiger charge is -2.22. The van der Waals surface area contributed by atoms with E-state index in [1.807, 2.05) is 37.3 Å². The van der Waals surface area contributed by atoms with E-state index < -0.39 is 10.0 Å². The molecule has 3 aromatic rings. The van der Waals surface area contributed by atoms with Crippen LogP contribution in [0.15, 0.2) is 83.8 Å². The van der Waals surface area contributed by atoms with Crippen LogP contribution in [0.2, 0.25) is 5.02 Å². The zero-order valence-electron chi connectivity index (χ0n) is 16.8. The van der Waals surface area contributed by atoms with Crippen LogP contribution in [-0.2, 0) is 16.6 Å². The van der Waals surface area contributed by atoms with Crippen molar-refractivity contribution >= 4 is 33.2 Å². The second kappa shape index (κ2) is 9.32. The summed E-state index contributed by atoms with van der Waals surface area (Å²) in [5.41, 5.74) is 2.03. The summed E-state index contributed by atoms with van der Waals surface area (Å²) in [6.45, 7) is 3.02. The number of rotatable bonds is 7. The molecule has 7 heteroatoms. The van der Waals surface area contributed by atoms with Gasteiger partial charge in [0.1, 0.15) is 0 Å². The highest BCUT2D eigenvalue weighted by atomic mass is 35.5. The lowest BCUT2D eigenvalue weighted by molar-refractivity contribution is 0.0752. The van der Waals surface area contributed by atoms with Gasteiger partial charge in [-0.3, -0.25) is 9.10 Å². The van der Waals surface area contributed by atoms with Crippen LogP contribution < -0.4 is 4.31 Å². The molecule has 30 heavy (non-hydrogen) atoms. The fourth-order valence-electron chi connectivity index (χ4n) is 3.03. The number of sulfonamides is 1. The van der Waals surface area contributed by atoms with Crippen molar-refractivity contribution in [1.82, 2.24) is 4.90 Å². The summed E-state index contributed by atoms with van der Waals surface area (Å²) in [6.07, 6.45) is 0. The second-order valence-corrected chi connectivity index (χ2v) is 9.18. The highest BCUT2D eigenvalue weighted by molar-refractivity contribution is 7.92. The number of hydrogen-bond acceptors (Lipinski definition) is 3. The minimum atomic E-state index is -3.72. The monoisotopic (exact) mass is 442 g/mol. The lowest BCUT2D eigenvalue weighted by atomic mass is 10.1. The second-order valence-electron chi connectivity index (χ2n) is 6.78. The number of benzene rings is 3. The highest BCUT2D eigenvalue weighted by Crippen LogP contribution is 2.24. The minimum Gasteiger partial charge on any atom is -0.335 e. The van der Waals surface area contributed by atoms with Crippen molar-refractivity contribution < 1.29 is 13.2 Å². The Bertz CT molecular complexity index is 1100. The summed E-state index contributed by atoms with van der Waals surface area (Å²) >= 11 is 5.85. The topological polar surface area (TPSA) is 57.7 Å². The predicted molar refractivity (Wildman–Crippen MR) is 120 cm³/mol. The summed E-state index contributed by atoms with van der Waals surface area (Å²) in [6, 6.07) is 22.4. The Labute approximate surface area is 182 Å². The van der Waals surface area contributed by atoms with Crippen LogP contribution in [0, 0.1) is 0 Å². The van der Waals surface area contributed by atoms with Gasteiger partial charge in [0.2, 0.25) is 0 Å². The molecular formula is C23H23ClN2O3S. The van der Waals surface area contributed by atoms with Gasteiger partial charge in [0.05, 0.1) is 10.6 Å². The summed E-state index contributed by atoms with van der Waals surface area (Å²) in [5, 5.41) is 0.468. The first-order valence-electron chi connectivity index (χ1n) is 9.50. The van der Waals surface area contributed by atoms with Crippen molar-refractivity contribution in [2.24, 2.45) is 0 Å². The molecule has 0 N–H and O–H groups in total. The fourth-order valence-corrected chi connectivity index (χ4v) is 4.35. The molecule has 0 bridgehead atoms. The Morgan fingerprint density at radius 3 is 2.07 bits per heavy atom. The van der Waals surface area contributed by atoms with Crippen LogP contribution in [0.3, 0.4) is 0 Å². The van der Waals surface area contributed by atoms with E-state index >= 15 is 0 Å². The van der Waals surface area contributed by atoms with Gasteiger partial charge in [-0.1, -0.05) is 41.9 Å². The van der Waals surface area contributed by atoms with Gasteiger partial charge < -0.3 is 4.90 Å². The molecule has 0 aromatic heterocycles. The Hall–Kier alpha value is -2.83. The van der Waals surface area contributed by atoms with Crippen molar-refractivity contribution in [3.63, 3.8) is 0 Å². The molecule has 0 unspecified atom stereocenters. The zero-order chi connectivity index (χ0) is 21.7. The predicted octanol–water partition coefficient (Wildman–Crippen LogP) is 4.83. The van der Waals surface area contributed by atoms with E-state index in [9.17, 15) is 13.2 Å². The average molecular weight is 443 g/mol. The summed E-state index contributed by atoms with van der Waals surface area (Å²) < 4.78 is 26.8. The molecule has 5 nitrogen and oxygen atoms in total. The quantitative estimate of drug-likeness (QED) is 0.526. The summed E-state index contributed by atoms with van der Waals surface area (Å²) in [7, 11) is -2.24. The maximum absolute atomic E-state index is 12.9. The standard InChI is InChI=1S/C23H23ClN2O3S/c1-3-26(17-18-7-5-4-6-8-18)23(27)19-9-13-21(14-10-19)25(2)30(28,29)22-15-11-20(24)12-16-22/h4-16H,3,17H2,1-2H3. The molecule has 0 spiro atoms. The summed E-state index contributed by atoms with van der Waals surface area (Å²) in [4.78, 5) is 14.8. The molecule has 1 amide bonds. The highest BCUT2D eigenvalue weighted by Gasteiger charge is 2.22. The number of hydrogen-bond donors (Lipinski definition) is 0. The van der Waals surface area contributed by atoms with E-state index in [0.29, 0.717) is 29.4 Å². The van der Waals surface area contributed by atoms with Gasteiger partial charge in [-0.05, 0) is 61.0 Å². The third-order valence-corrected chi connectivity index (χ3v) is 6.89. The number of amides is 1. The zero-order valence-corrected chi connectivity index (χ0v) is 18.4. The molecule has 0 aliphatic carbocycles. The molecule has 156 valence electrons. The van der Waals surface area contributed by atoms with Gasteiger partial charge in [-0.25, -0.2) is 8.42 Å². The number of anilines is 1. The van der Waals surface area contributed by atoms with Crippen molar-refractivity contribution in [3.8, 4) is 0 Å². The van der Waals surface area contributed by atoms with E-state index in [-0.39, 0.29) is 10.8 Å². The minimum absolute atomic E-state index is 0.101. The van der Waals surface area contributed by atoms with Crippen LogP contribution in [0.25, 0.3) is 0 Å². The molecule has 3 aromatic carbocycles. The lowest BCUT2D eigenvalue weighted by Crippen LogP contribution is -2.30. The van der Waals surface area contributed by atoms with Crippen molar-refractivity contribution in [3.05, 3.63) is 95.0 Å². The Morgan fingerprint density at radius 2 is 1.50 bits per heavy atom. The molecule has 0 aliphatic rings. The van der Waals surface area contributed by atoms with Crippen molar-refractivity contribution in [2.45, 2.75) is 18.4 Å².